The average Bonchev–Trinajstić information content (AvgIpc) is 2.79. The van der Waals surface area contributed by atoms with Crippen molar-refractivity contribution in [3.63, 3.8) is 0 Å². The molecule has 2 saturated carbocycles. The second kappa shape index (κ2) is 2.83. The van der Waals surface area contributed by atoms with Gasteiger partial charge in [-0.25, -0.2) is 0 Å². The molecule has 3 unspecified atom stereocenters. The third-order valence-electron chi connectivity index (χ3n) is 3.59. The van der Waals surface area contributed by atoms with Gasteiger partial charge in [0.2, 0.25) is 0 Å². The zero-order valence-corrected chi connectivity index (χ0v) is 7.74. The molecule has 2 aliphatic rings. The van der Waals surface area contributed by atoms with E-state index in [1.54, 1.807) is 0 Å². The SMILES string of the molecule is [2H]C1(c2ccncc2)CC2CCC1C2. The van der Waals surface area contributed by atoms with Gasteiger partial charge in [0.15, 0.2) is 0 Å². The monoisotopic (exact) mass is 174 g/mol. The van der Waals surface area contributed by atoms with Gasteiger partial charge in [0, 0.05) is 13.8 Å². The Morgan fingerprint density at radius 2 is 2.08 bits per heavy atom. The van der Waals surface area contributed by atoms with Crippen LogP contribution < -0.4 is 0 Å². The summed E-state index contributed by atoms with van der Waals surface area (Å²) in [6.45, 7) is 0. The summed E-state index contributed by atoms with van der Waals surface area (Å²) >= 11 is 0. The third kappa shape index (κ3) is 1.18. The van der Waals surface area contributed by atoms with Crippen LogP contribution in [0.15, 0.2) is 24.5 Å². The molecule has 1 heteroatoms. The van der Waals surface area contributed by atoms with Gasteiger partial charge in [0.1, 0.15) is 0 Å². The van der Waals surface area contributed by atoms with E-state index in [0.29, 0.717) is 5.92 Å². The second-order valence-corrected chi connectivity index (χ2v) is 4.34. The minimum Gasteiger partial charge on any atom is -0.265 e. The quantitative estimate of drug-likeness (QED) is 0.637. The van der Waals surface area contributed by atoms with Crippen molar-refractivity contribution in [2.45, 2.75) is 31.6 Å². The van der Waals surface area contributed by atoms with E-state index in [1.807, 2.05) is 24.5 Å². The van der Waals surface area contributed by atoms with Crippen molar-refractivity contribution < 1.29 is 1.37 Å². The highest BCUT2D eigenvalue weighted by Crippen LogP contribution is 2.52. The minimum absolute atomic E-state index is 0.286. The number of fused-ring (bicyclic) bond motifs is 2. The van der Waals surface area contributed by atoms with Gasteiger partial charge in [-0.15, -0.1) is 0 Å². The van der Waals surface area contributed by atoms with Crippen molar-refractivity contribution in [1.82, 2.24) is 4.98 Å². The Morgan fingerprint density at radius 1 is 1.23 bits per heavy atom. The van der Waals surface area contributed by atoms with E-state index in [2.05, 4.69) is 4.98 Å². The maximum absolute atomic E-state index is 8.58. The molecule has 1 aromatic rings. The van der Waals surface area contributed by atoms with Crippen molar-refractivity contribution in [2.75, 3.05) is 0 Å². The van der Waals surface area contributed by atoms with Gasteiger partial charge in [-0.2, -0.15) is 0 Å². The van der Waals surface area contributed by atoms with E-state index in [4.69, 9.17) is 1.37 Å². The van der Waals surface area contributed by atoms with Crippen LogP contribution in [-0.4, -0.2) is 4.98 Å². The molecular formula is C12H15N. The van der Waals surface area contributed by atoms with Crippen LogP contribution in [0.4, 0.5) is 0 Å². The maximum Gasteiger partial charge on any atom is 0.0355 e. The first kappa shape index (κ1) is 6.58. The molecule has 0 aromatic carbocycles. The summed E-state index contributed by atoms with van der Waals surface area (Å²) in [6, 6.07) is 4.04. The number of rotatable bonds is 1. The van der Waals surface area contributed by atoms with Crippen LogP contribution >= 0.6 is 0 Å². The van der Waals surface area contributed by atoms with E-state index >= 15 is 0 Å². The van der Waals surface area contributed by atoms with Crippen LogP contribution in [0.5, 0.6) is 0 Å². The van der Waals surface area contributed by atoms with Crippen LogP contribution in [0, 0.1) is 11.8 Å². The number of hydrogen-bond donors (Lipinski definition) is 0. The van der Waals surface area contributed by atoms with Gasteiger partial charge in [0.05, 0.1) is 0 Å². The number of nitrogens with zero attached hydrogens (tertiary/aromatic N) is 1. The predicted octanol–water partition coefficient (Wildman–Crippen LogP) is 2.99. The summed E-state index contributed by atoms with van der Waals surface area (Å²) in [5, 5.41) is 0. The van der Waals surface area contributed by atoms with Crippen LogP contribution in [0.25, 0.3) is 0 Å². The Kier molecular flexibility index (Phi) is 1.43. The molecule has 3 atom stereocenters. The Bertz CT molecular complexity index is 337. The molecule has 2 fully saturated rings. The molecule has 3 rings (SSSR count). The van der Waals surface area contributed by atoms with Gasteiger partial charge in [-0.05, 0) is 54.7 Å². The lowest BCUT2D eigenvalue weighted by Crippen LogP contribution is -2.08. The molecule has 0 spiro atoms. The molecule has 68 valence electrons. The van der Waals surface area contributed by atoms with Crippen molar-refractivity contribution in [2.24, 2.45) is 11.8 Å². The fourth-order valence-electron chi connectivity index (χ4n) is 2.97. The van der Waals surface area contributed by atoms with Gasteiger partial charge in [-0.1, -0.05) is 6.42 Å². The van der Waals surface area contributed by atoms with E-state index in [0.717, 1.165) is 12.3 Å². The molecule has 0 aliphatic heterocycles. The number of aromatic nitrogens is 1. The first-order valence-electron chi connectivity index (χ1n) is 5.69. The molecule has 2 bridgehead atoms. The highest BCUT2D eigenvalue weighted by atomic mass is 14.6. The summed E-state index contributed by atoms with van der Waals surface area (Å²) < 4.78 is 8.58. The van der Waals surface area contributed by atoms with E-state index in [-0.39, 0.29) is 5.89 Å². The predicted molar refractivity (Wildman–Crippen MR) is 52.4 cm³/mol. The Hall–Kier alpha value is -0.850. The van der Waals surface area contributed by atoms with Gasteiger partial charge < -0.3 is 0 Å². The van der Waals surface area contributed by atoms with Crippen molar-refractivity contribution in [3.8, 4) is 0 Å². The topological polar surface area (TPSA) is 12.9 Å². The van der Waals surface area contributed by atoms with Gasteiger partial charge in [-0.3, -0.25) is 4.98 Å². The summed E-state index contributed by atoms with van der Waals surface area (Å²) in [5.74, 6) is 1.15. The van der Waals surface area contributed by atoms with Crippen molar-refractivity contribution in [3.05, 3.63) is 30.1 Å². The second-order valence-electron chi connectivity index (χ2n) is 4.34. The summed E-state index contributed by atoms with van der Waals surface area (Å²) in [4.78, 5) is 4.03. The van der Waals surface area contributed by atoms with E-state index < -0.39 is 0 Å². The van der Waals surface area contributed by atoms with Crippen LogP contribution in [-0.2, 0) is 0 Å². The molecule has 2 aliphatic carbocycles. The fourth-order valence-corrected chi connectivity index (χ4v) is 2.97. The molecule has 0 radical (unpaired) electrons. The van der Waals surface area contributed by atoms with Crippen LogP contribution in [0.3, 0.4) is 0 Å². The van der Waals surface area contributed by atoms with Gasteiger partial charge >= 0.3 is 0 Å². The highest BCUT2D eigenvalue weighted by molar-refractivity contribution is 5.20. The molecule has 1 heterocycles. The van der Waals surface area contributed by atoms with E-state index in [1.165, 1.54) is 24.8 Å². The molecular weight excluding hydrogens is 158 g/mol. The van der Waals surface area contributed by atoms with Crippen molar-refractivity contribution in [1.29, 1.82) is 0 Å². The number of pyridine rings is 1. The Balaban J connectivity index is 1.98. The molecule has 13 heavy (non-hydrogen) atoms. The normalized spacial score (nSPS) is 43.5. The third-order valence-corrected chi connectivity index (χ3v) is 3.59. The standard InChI is InChI=1S/C12H15N/c1-2-11-7-9(1)8-12(11)10-3-5-13-6-4-10/h3-6,9,11-12H,1-2,7-8H2/i12D. The molecule has 0 N–H and O–H groups in total. The molecule has 1 aromatic heterocycles. The van der Waals surface area contributed by atoms with E-state index in [9.17, 15) is 0 Å². The zero-order valence-electron chi connectivity index (χ0n) is 8.74. The average molecular weight is 174 g/mol. The zero-order chi connectivity index (χ0) is 9.60. The Labute approximate surface area is 80.6 Å². The first-order chi connectivity index (χ1) is 6.79. The highest BCUT2D eigenvalue weighted by Gasteiger charge is 2.39. The summed E-state index contributed by atoms with van der Waals surface area (Å²) in [7, 11) is 0. The van der Waals surface area contributed by atoms with Gasteiger partial charge in [0.25, 0.3) is 0 Å². The van der Waals surface area contributed by atoms with Crippen LogP contribution in [0.1, 0.15) is 38.5 Å². The Morgan fingerprint density at radius 3 is 2.69 bits per heavy atom. The first-order valence-corrected chi connectivity index (χ1v) is 5.19. The number of hydrogen-bond acceptors (Lipinski definition) is 1. The maximum atomic E-state index is 8.58. The lowest BCUT2D eigenvalue weighted by atomic mass is 9.84. The molecule has 1 nitrogen and oxygen atoms in total. The minimum atomic E-state index is -0.286. The fraction of sp³-hybridized carbons (Fsp3) is 0.583. The largest absolute Gasteiger partial charge is 0.265 e. The van der Waals surface area contributed by atoms with Crippen molar-refractivity contribution >= 4 is 0 Å². The van der Waals surface area contributed by atoms with Crippen LogP contribution in [0.2, 0.25) is 0 Å². The lowest BCUT2D eigenvalue weighted by molar-refractivity contribution is 0.420. The molecule has 0 amide bonds. The smallest absolute Gasteiger partial charge is 0.0355 e. The summed E-state index contributed by atoms with van der Waals surface area (Å²) in [5.41, 5.74) is 1.18. The lowest BCUT2D eigenvalue weighted by Gasteiger charge is -2.21. The summed E-state index contributed by atoms with van der Waals surface area (Å²) in [6.07, 6.45) is 8.61. The molecule has 0 saturated heterocycles.